The molecule has 0 spiro atoms. The molecule has 1 aromatic heterocycles. The van der Waals surface area contributed by atoms with Crippen LogP contribution in [0.4, 0.5) is 5.69 Å². The van der Waals surface area contributed by atoms with E-state index in [2.05, 4.69) is 37.7 Å². The third-order valence-electron chi connectivity index (χ3n) is 2.95. The number of halogens is 1. The van der Waals surface area contributed by atoms with Gasteiger partial charge in [-0.3, -0.25) is 0 Å². The molecule has 5 heteroatoms. The highest BCUT2D eigenvalue weighted by atomic mass is 79.9. The maximum atomic E-state index is 9.62. The fourth-order valence-electron chi connectivity index (χ4n) is 2.03. The van der Waals surface area contributed by atoms with E-state index in [1.54, 1.807) is 6.20 Å². The third kappa shape index (κ3) is 3.36. The van der Waals surface area contributed by atoms with Gasteiger partial charge in [0.2, 0.25) is 0 Å². The lowest BCUT2D eigenvalue weighted by Crippen LogP contribution is -2.19. The fraction of sp³-hybridized carbons (Fsp3) is 0.357. The average Bonchev–Trinajstić information content (AvgIpc) is 2.86. The maximum absolute atomic E-state index is 9.62. The number of hydrogen-bond acceptors (Lipinski definition) is 3. The fourth-order valence-corrected chi connectivity index (χ4v) is 2.43. The Morgan fingerprint density at radius 2 is 2.21 bits per heavy atom. The number of rotatable bonds is 6. The van der Waals surface area contributed by atoms with E-state index in [1.807, 2.05) is 30.6 Å². The van der Waals surface area contributed by atoms with Crippen molar-refractivity contribution in [3.8, 4) is 0 Å². The van der Waals surface area contributed by atoms with E-state index < -0.39 is 0 Å². The zero-order chi connectivity index (χ0) is 13.7. The minimum Gasteiger partial charge on any atom is -0.394 e. The molecule has 0 saturated heterocycles. The van der Waals surface area contributed by atoms with Gasteiger partial charge in [-0.15, -0.1) is 0 Å². The van der Waals surface area contributed by atoms with E-state index in [9.17, 15) is 5.11 Å². The van der Waals surface area contributed by atoms with Crippen molar-refractivity contribution in [3.05, 3.63) is 47.0 Å². The Morgan fingerprint density at radius 3 is 2.89 bits per heavy atom. The Bertz CT molecular complexity index is 527. The predicted molar refractivity (Wildman–Crippen MR) is 80.1 cm³/mol. The number of aromatic nitrogens is 2. The van der Waals surface area contributed by atoms with Crippen molar-refractivity contribution in [2.75, 3.05) is 11.9 Å². The van der Waals surface area contributed by atoms with Crippen molar-refractivity contribution >= 4 is 21.6 Å². The molecule has 19 heavy (non-hydrogen) atoms. The molecule has 2 rings (SSSR count). The summed E-state index contributed by atoms with van der Waals surface area (Å²) in [5, 5.41) is 13.0. The van der Waals surface area contributed by atoms with Gasteiger partial charge in [0.1, 0.15) is 0 Å². The minimum absolute atomic E-state index is 0.0245. The van der Waals surface area contributed by atoms with E-state index in [0.29, 0.717) is 0 Å². The number of para-hydroxylation sites is 1. The Kier molecular flexibility index (Phi) is 4.99. The third-order valence-corrected chi connectivity index (χ3v) is 3.64. The minimum atomic E-state index is -0.159. The molecule has 2 N–H and O–H groups in total. The van der Waals surface area contributed by atoms with Crippen LogP contribution in [0, 0.1) is 0 Å². The van der Waals surface area contributed by atoms with Crippen molar-refractivity contribution in [1.82, 2.24) is 9.55 Å². The van der Waals surface area contributed by atoms with Gasteiger partial charge in [-0.2, -0.15) is 0 Å². The van der Waals surface area contributed by atoms with Crippen LogP contribution in [0.3, 0.4) is 0 Å². The van der Waals surface area contributed by atoms with Gasteiger partial charge in [-0.1, -0.05) is 19.1 Å². The van der Waals surface area contributed by atoms with E-state index >= 15 is 0 Å². The molecular weight excluding hydrogens is 306 g/mol. The molecule has 0 saturated carbocycles. The van der Waals surface area contributed by atoms with Gasteiger partial charge in [0.05, 0.1) is 30.9 Å². The molecule has 0 aliphatic carbocycles. The number of hydrogen-bond donors (Lipinski definition) is 2. The van der Waals surface area contributed by atoms with Crippen molar-refractivity contribution < 1.29 is 5.11 Å². The SMILES string of the molecule is CCCn1cncc1C(CO)Nc1ccccc1Br. The molecule has 1 atom stereocenters. The summed E-state index contributed by atoms with van der Waals surface area (Å²) in [6, 6.07) is 7.72. The molecule has 0 radical (unpaired) electrons. The van der Waals surface area contributed by atoms with Crippen LogP contribution in [0.5, 0.6) is 0 Å². The molecule has 0 bridgehead atoms. The van der Waals surface area contributed by atoms with E-state index in [0.717, 1.165) is 28.8 Å². The largest absolute Gasteiger partial charge is 0.394 e. The van der Waals surface area contributed by atoms with Gasteiger partial charge in [-0.25, -0.2) is 4.98 Å². The predicted octanol–water partition coefficient (Wildman–Crippen LogP) is 3.20. The molecule has 4 nitrogen and oxygen atoms in total. The van der Waals surface area contributed by atoms with Crippen LogP contribution in [0.15, 0.2) is 41.3 Å². The Morgan fingerprint density at radius 1 is 1.42 bits per heavy atom. The van der Waals surface area contributed by atoms with E-state index in [1.165, 1.54) is 0 Å². The average molecular weight is 324 g/mol. The number of benzene rings is 1. The van der Waals surface area contributed by atoms with Crippen LogP contribution >= 0.6 is 15.9 Å². The van der Waals surface area contributed by atoms with Crippen LogP contribution < -0.4 is 5.32 Å². The molecule has 102 valence electrons. The first-order valence-corrected chi connectivity index (χ1v) is 7.17. The van der Waals surface area contributed by atoms with Crippen molar-refractivity contribution in [1.29, 1.82) is 0 Å². The Labute approximate surface area is 121 Å². The van der Waals surface area contributed by atoms with Crippen LogP contribution in [-0.2, 0) is 6.54 Å². The van der Waals surface area contributed by atoms with Crippen molar-refractivity contribution in [3.63, 3.8) is 0 Å². The van der Waals surface area contributed by atoms with Crippen LogP contribution in [-0.4, -0.2) is 21.3 Å². The molecule has 1 aromatic carbocycles. The first-order chi connectivity index (χ1) is 9.26. The monoisotopic (exact) mass is 323 g/mol. The van der Waals surface area contributed by atoms with Gasteiger partial charge in [0.15, 0.2) is 0 Å². The summed E-state index contributed by atoms with van der Waals surface area (Å²) in [4.78, 5) is 4.17. The normalized spacial score (nSPS) is 12.4. The number of imidazole rings is 1. The van der Waals surface area contributed by atoms with Crippen LogP contribution in [0.1, 0.15) is 25.1 Å². The van der Waals surface area contributed by atoms with Crippen molar-refractivity contribution in [2.24, 2.45) is 0 Å². The van der Waals surface area contributed by atoms with Crippen LogP contribution in [0.25, 0.3) is 0 Å². The van der Waals surface area contributed by atoms with Gasteiger partial charge >= 0.3 is 0 Å². The smallest absolute Gasteiger partial charge is 0.0948 e. The van der Waals surface area contributed by atoms with Gasteiger partial charge in [0.25, 0.3) is 0 Å². The summed E-state index contributed by atoms with van der Waals surface area (Å²) in [6.45, 7) is 3.05. The highest BCUT2D eigenvalue weighted by Crippen LogP contribution is 2.26. The number of anilines is 1. The Balaban J connectivity index is 2.20. The first-order valence-electron chi connectivity index (χ1n) is 6.38. The molecule has 0 aliphatic rings. The van der Waals surface area contributed by atoms with Crippen molar-refractivity contribution in [2.45, 2.75) is 25.9 Å². The summed E-state index contributed by atoms with van der Waals surface area (Å²) in [6.07, 6.45) is 4.65. The van der Waals surface area contributed by atoms with Crippen LogP contribution in [0.2, 0.25) is 0 Å². The molecule has 0 fully saturated rings. The zero-order valence-electron chi connectivity index (χ0n) is 10.9. The quantitative estimate of drug-likeness (QED) is 0.858. The zero-order valence-corrected chi connectivity index (χ0v) is 12.5. The molecule has 2 aromatic rings. The number of aryl methyl sites for hydroxylation is 1. The number of aliphatic hydroxyl groups is 1. The lowest BCUT2D eigenvalue weighted by Gasteiger charge is -2.20. The second-order valence-electron chi connectivity index (χ2n) is 4.37. The number of nitrogens with zero attached hydrogens (tertiary/aromatic N) is 2. The molecule has 1 unspecified atom stereocenters. The molecular formula is C14H18BrN3O. The molecule has 1 heterocycles. The highest BCUT2D eigenvalue weighted by Gasteiger charge is 2.15. The maximum Gasteiger partial charge on any atom is 0.0948 e. The second kappa shape index (κ2) is 6.73. The number of aliphatic hydroxyl groups excluding tert-OH is 1. The topological polar surface area (TPSA) is 50.1 Å². The molecule has 0 aliphatic heterocycles. The lowest BCUT2D eigenvalue weighted by atomic mass is 10.2. The highest BCUT2D eigenvalue weighted by molar-refractivity contribution is 9.10. The van der Waals surface area contributed by atoms with E-state index in [4.69, 9.17) is 0 Å². The Hall–Kier alpha value is -1.33. The summed E-state index contributed by atoms with van der Waals surface area (Å²) in [5.41, 5.74) is 1.96. The van der Waals surface area contributed by atoms with Gasteiger partial charge in [-0.05, 0) is 34.5 Å². The number of nitrogens with one attached hydrogen (secondary N) is 1. The summed E-state index contributed by atoms with van der Waals surface area (Å²) in [7, 11) is 0. The van der Waals surface area contributed by atoms with E-state index in [-0.39, 0.29) is 12.6 Å². The lowest BCUT2D eigenvalue weighted by molar-refractivity contribution is 0.271. The first kappa shape index (κ1) is 14.1. The second-order valence-corrected chi connectivity index (χ2v) is 5.23. The standard InChI is InChI=1S/C14H18BrN3O/c1-2-7-18-10-16-8-14(18)13(9-19)17-12-6-4-3-5-11(12)15/h3-6,8,10,13,17,19H,2,7,9H2,1H3. The van der Waals surface area contributed by atoms with Gasteiger partial charge in [0, 0.05) is 16.7 Å². The van der Waals surface area contributed by atoms with Gasteiger partial charge < -0.3 is 15.0 Å². The molecule has 0 amide bonds. The summed E-state index contributed by atoms with van der Waals surface area (Å²) < 4.78 is 3.06. The summed E-state index contributed by atoms with van der Waals surface area (Å²) in [5.74, 6) is 0. The summed E-state index contributed by atoms with van der Waals surface area (Å²) >= 11 is 3.50.